The van der Waals surface area contributed by atoms with Gasteiger partial charge >= 0.3 is 0 Å². The van der Waals surface area contributed by atoms with Gasteiger partial charge in [0, 0.05) is 38.4 Å². The topological polar surface area (TPSA) is 66.6 Å². The molecule has 0 aliphatic carbocycles. The molecule has 2 amide bonds. The van der Waals surface area contributed by atoms with Crippen LogP contribution in [0.4, 0.5) is 4.39 Å². The number of halogens is 1. The zero-order valence-electron chi connectivity index (χ0n) is 17.5. The first-order valence-electron chi connectivity index (χ1n) is 10.5. The predicted octanol–water partition coefficient (Wildman–Crippen LogP) is 2.93. The van der Waals surface area contributed by atoms with Crippen molar-refractivity contribution < 1.29 is 14.0 Å². The third-order valence-electron chi connectivity index (χ3n) is 6.56. The lowest BCUT2D eigenvalue weighted by atomic mass is 9.87. The largest absolute Gasteiger partial charge is 0.338 e. The van der Waals surface area contributed by atoms with E-state index in [9.17, 15) is 14.0 Å². The van der Waals surface area contributed by atoms with Crippen LogP contribution >= 0.6 is 0 Å². The minimum absolute atomic E-state index is 0.0519. The van der Waals surface area contributed by atoms with E-state index in [0.29, 0.717) is 32.6 Å². The van der Waals surface area contributed by atoms with E-state index in [1.807, 2.05) is 17.0 Å². The predicted molar refractivity (Wildman–Crippen MR) is 113 cm³/mol. The van der Waals surface area contributed by atoms with Crippen molar-refractivity contribution in [3.63, 3.8) is 0 Å². The molecule has 2 N–H and O–H groups in total. The summed E-state index contributed by atoms with van der Waals surface area (Å²) in [5, 5.41) is 0. The first kappa shape index (κ1) is 20.5. The van der Waals surface area contributed by atoms with Crippen molar-refractivity contribution in [3.05, 3.63) is 70.5 Å². The van der Waals surface area contributed by atoms with Crippen LogP contribution in [0.3, 0.4) is 0 Å². The Morgan fingerprint density at radius 3 is 2.60 bits per heavy atom. The molecule has 2 aromatic carbocycles. The SMILES string of the molecule is CC(=O)N1C[C@H]2CN(C(=O)c3cc(CCN)ccc3F)C[C@H]2[C@@H]1c1ccccc1C. The Balaban J connectivity index is 1.60. The first-order chi connectivity index (χ1) is 14.4. The second-order valence-corrected chi connectivity index (χ2v) is 8.46. The third-order valence-corrected chi connectivity index (χ3v) is 6.56. The summed E-state index contributed by atoms with van der Waals surface area (Å²) >= 11 is 0. The lowest BCUT2D eigenvalue weighted by Crippen LogP contribution is -2.37. The fraction of sp³-hybridized carbons (Fsp3) is 0.417. The normalized spacial score (nSPS) is 23.0. The zero-order valence-corrected chi connectivity index (χ0v) is 17.5. The number of benzene rings is 2. The average Bonchev–Trinajstić information content (AvgIpc) is 3.28. The van der Waals surface area contributed by atoms with Crippen LogP contribution in [0.1, 0.15) is 40.0 Å². The maximum atomic E-state index is 14.4. The summed E-state index contributed by atoms with van der Waals surface area (Å²) in [6.45, 7) is 5.79. The molecule has 30 heavy (non-hydrogen) atoms. The Morgan fingerprint density at radius 2 is 1.90 bits per heavy atom. The van der Waals surface area contributed by atoms with Gasteiger partial charge in [-0.25, -0.2) is 4.39 Å². The monoisotopic (exact) mass is 409 g/mol. The third kappa shape index (κ3) is 3.60. The number of aryl methyl sites for hydroxylation is 1. The molecule has 2 aliphatic heterocycles. The Morgan fingerprint density at radius 1 is 1.13 bits per heavy atom. The number of amides is 2. The van der Waals surface area contributed by atoms with Gasteiger partial charge in [-0.1, -0.05) is 30.3 Å². The zero-order chi connectivity index (χ0) is 21.4. The van der Waals surface area contributed by atoms with Crippen molar-refractivity contribution >= 4 is 11.8 Å². The van der Waals surface area contributed by atoms with Gasteiger partial charge in [-0.05, 0) is 48.7 Å². The molecule has 0 saturated carbocycles. The minimum atomic E-state index is -0.501. The van der Waals surface area contributed by atoms with Crippen LogP contribution in [0.25, 0.3) is 0 Å². The van der Waals surface area contributed by atoms with Gasteiger partial charge in [-0.2, -0.15) is 0 Å². The van der Waals surface area contributed by atoms with Crippen LogP contribution in [-0.4, -0.2) is 47.8 Å². The van der Waals surface area contributed by atoms with E-state index in [-0.39, 0.29) is 35.3 Å². The van der Waals surface area contributed by atoms with E-state index in [4.69, 9.17) is 5.73 Å². The van der Waals surface area contributed by atoms with Crippen LogP contribution in [0.15, 0.2) is 42.5 Å². The summed E-state index contributed by atoms with van der Waals surface area (Å²) in [7, 11) is 0. The van der Waals surface area contributed by atoms with E-state index in [2.05, 4.69) is 19.1 Å². The van der Waals surface area contributed by atoms with Crippen molar-refractivity contribution in [3.8, 4) is 0 Å². The number of nitrogens with two attached hydrogens (primary N) is 1. The number of likely N-dealkylation sites (tertiary alicyclic amines) is 2. The molecule has 0 aromatic heterocycles. The lowest BCUT2D eigenvalue weighted by molar-refractivity contribution is -0.130. The second-order valence-electron chi connectivity index (χ2n) is 8.46. The number of carbonyl (C=O) groups is 2. The molecule has 0 radical (unpaired) electrons. The van der Waals surface area contributed by atoms with Crippen LogP contribution in [0, 0.1) is 24.6 Å². The summed E-state index contributed by atoms with van der Waals surface area (Å²) in [4.78, 5) is 29.2. The fourth-order valence-electron chi connectivity index (χ4n) is 5.08. The molecular weight excluding hydrogens is 381 g/mol. The molecule has 6 heteroatoms. The van der Waals surface area contributed by atoms with Crippen molar-refractivity contribution in [2.24, 2.45) is 17.6 Å². The Labute approximate surface area is 176 Å². The standard InChI is InChI=1S/C24H28FN3O2/c1-15-5-3-4-6-19(15)23-21-14-27(12-18(21)13-28(23)16(2)29)24(30)20-11-17(9-10-26)7-8-22(20)25/h3-8,11,18,21,23H,9-10,12-14,26H2,1-2H3/t18-,21-,23+/m1/s1. The van der Waals surface area contributed by atoms with Crippen molar-refractivity contribution in [2.45, 2.75) is 26.3 Å². The van der Waals surface area contributed by atoms with Crippen LogP contribution in [-0.2, 0) is 11.2 Å². The molecule has 4 rings (SSSR count). The number of carbonyl (C=O) groups excluding carboxylic acids is 2. The highest BCUT2D eigenvalue weighted by Gasteiger charge is 2.49. The second kappa shape index (κ2) is 8.19. The average molecular weight is 410 g/mol. The van der Waals surface area contributed by atoms with Crippen LogP contribution in [0.2, 0.25) is 0 Å². The van der Waals surface area contributed by atoms with E-state index in [1.165, 1.54) is 6.07 Å². The van der Waals surface area contributed by atoms with E-state index < -0.39 is 5.82 Å². The van der Waals surface area contributed by atoms with Gasteiger partial charge in [0.15, 0.2) is 0 Å². The molecule has 2 aliphatic rings. The van der Waals surface area contributed by atoms with E-state index in [0.717, 1.165) is 16.7 Å². The van der Waals surface area contributed by atoms with E-state index in [1.54, 1.807) is 24.0 Å². The number of hydrogen-bond donors (Lipinski definition) is 1. The molecule has 2 fully saturated rings. The molecule has 5 nitrogen and oxygen atoms in total. The van der Waals surface area contributed by atoms with Crippen molar-refractivity contribution in [1.29, 1.82) is 0 Å². The first-order valence-corrected chi connectivity index (χ1v) is 10.5. The highest BCUT2D eigenvalue weighted by Crippen LogP contribution is 2.46. The molecule has 2 saturated heterocycles. The molecule has 2 aromatic rings. The molecule has 0 unspecified atom stereocenters. The van der Waals surface area contributed by atoms with E-state index >= 15 is 0 Å². The quantitative estimate of drug-likeness (QED) is 0.844. The summed E-state index contributed by atoms with van der Waals surface area (Å²) in [5.41, 5.74) is 8.85. The molecule has 0 spiro atoms. The minimum Gasteiger partial charge on any atom is -0.338 e. The maximum Gasteiger partial charge on any atom is 0.256 e. The maximum absolute atomic E-state index is 14.4. The van der Waals surface area contributed by atoms with Crippen molar-refractivity contribution in [1.82, 2.24) is 9.80 Å². The number of hydrogen-bond acceptors (Lipinski definition) is 3. The lowest BCUT2D eigenvalue weighted by Gasteiger charge is -2.30. The summed E-state index contributed by atoms with van der Waals surface area (Å²) in [6, 6.07) is 12.7. The van der Waals surface area contributed by atoms with Gasteiger partial charge in [-0.3, -0.25) is 9.59 Å². The van der Waals surface area contributed by atoms with Crippen LogP contribution < -0.4 is 5.73 Å². The van der Waals surface area contributed by atoms with Crippen molar-refractivity contribution in [2.75, 3.05) is 26.2 Å². The van der Waals surface area contributed by atoms with Crippen LogP contribution in [0.5, 0.6) is 0 Å². The number of fused-ring (bicyclic) bond motifs is 1. The molecule has 0 bridgehead atoms. The number of rotatable bonds is 4. The highest BCUT2D eigenvalue weighted by molar-refractivity contribution is 5.95. The molecular formula is C24H28FN3O2. The van der Waals surface area contributed by atoms with Gasteiger partial charge < -0.3 is 15.5 Å². The molecule has 158 valence electrons. The van der Waals surface area contributed by atoms with Gasteiger partial charge in [-0.15, -0.1) is 0 Å². The van der Waals surface area contributed by atoms with Gasteiger partial charge in [0.2, 0.25) is 5.91 Å². The fourth-order valence-corrected chi connectivity index (χ4v) is 5.08. The smallest absolute Gasteiger partial charge is 0.256 e. The Bertz CT molecular complexity index is 977. The van der Waals surface area contributed by atoms with Gasteiger partial charge in [0.1, 0.15) is 5.82 Å². The summed E-state index contributed by atoms with van der Waals surface area (Å²) in [5.74, 6) is -0.389. The Hall–Kier alpha value is -2.73. The highest BCUT2D eigenvalue weighted by atomic mass is 19.1. The Kier molecular flexibility index (Phi) is 5.60. The van der Waals surface area contributed by atoms with Gasteiger partial charge in [0.25, 0.3) is 5.91 Å². The number of nitrogens with zero attached hydrogens (tertiary/aromatic N) is 2. The van der Waals surface area contributed by atoms with Gasteiger partial charge in [0.05, 0.1) is 11.6 Å². The molecule has 2 heterocycles. The molecule has 3 atom stereocenters. The summed E-state index contributed by atoms with van der Waals surface area (Å²) in [6.07, 6.45) is 0.606. The summed E-state index contributed by atoms with van der Waals surface area (Å²) < 4.78 is 14.4.